The van der Waals surface area contributed by atoms with Crippen LogP contribution in [0.25, 0.3) is 0 Å². The molecule has 29 heavy (non-hydrogen) atoms. The fraction of sp³-hybridized carbons (Fsp3) is 0.429. The number of nitrogens with zero attached hydrogens (tertiary/aromatic N) is 2. The van der Waals surface area contributed by atoms with Gasteiger partial charge in [0.25, 0.3) is 0 Å². The van der Waals surface area contributed by atoms with Gasteiger partial charge in [0.1, 0.15) is 11.5 Å². The molecule has 0 bridgehead atoms. The summed E-state index contributed by atoms with van der Waals surface area (Å²) in [5.41, 5.74) is 0.283. The van der Waals surface area contributed by atoms with Crippen molar-refractivity contribution in [2.45, 2.75) is 39.5 Å². The van der Waals surface area contributed by atoms with Gasteiger partial charge in [-0.15, -0.1) is 0 Å². The summed E-state index contributed by atoms with van der Waals surface area (Å²) in [5.74, 6) is -0.272. The van der Waals surface area contributed by atoms with Gasteiger partial charge in [-0.1, -0.05) is 26.7 Å². The molecule has 0 saturated carbocycles. The van der Waals surface area contributed by atoms with E-state index < -0.39 is 11.9 Å². The van der Waals surface area contributed by atoms with Crippen molar-refractivity contribution in [2.75, 3.05) is 20.3 Å². The maximum Gasteiger partial charge on any atom is 0.356 e. The van der Waals surface area contributed by atoms with Crippen LogP contribution in [0.5, 0.6) is 11.5 Å². The molecule has 2 rings (SSSR count). The zero-order valence-corrected chi connectivity index (χ0v) is 17.1. The standard InChI is InChI=1S/C11H15NO3.C10H13NO3/c1-3-4-7-15-9-5-6-12-10(8-9)11(13)14-2;1-2-3-6-14-8-4-5-11-9(7-8)10(12)13/h5-6,8H,3-4,7H2,1-2H3;4-5,7H,2-3,6H2,1H3,(H,12,13). The van der Waals surface area contributed by atoms with Crippen molar-refractivity contribution < 1.29 is 28.9 Å². The molecular weight excluding hydrogens is 376 g/mol. The third kappa shape index (κ3) is 9.55. The fourth-order valence-corrected chi connectivity index (χ4v) is 2.00. The number of aromatic nitrogens is 2. The van der Waals surface area contributed by atoms with Crippen molar-refractivity contribution in [3.05, 3.63) is 48.0 Å². The summed E-state index contributed by atoms with van der Waals surface area (Å²) in [6.45, 7) is 5.43. The summed E-state index contributed by atoms with van der Waals surface area (Å²) < 4.78 is 15.3. The number of hydrogen-bond acceptors (Lipinski definition) is 7. The van der Waals surface area contributed by atoms with E-state index in [0.717, 1.165) is 25.7 Å². The van der Waals surface area contributed by atoms with Gasteiger partial charge in [-0.2, -0.15) is 0 Å². The second kappa shape index (κ2) is 13.9. The molecule has 8 nitrogen and oxygen atoms in total. The SMILES string of the molecule is CCCCOc1ccnc(C(=O)O)c1.CCCCOc1ccnc(C(=O)OC)c1. The fourth-order valence-electron chi connectivity index (χ4n) is 2.00. The van der Waals surface area contributed by atoms with Gasteiger partial charge < -0.3 is 19.3 Å². The number of aromatic carboxylic acids is 1. The lowest BCUT2D eigenvalue weighted by Crippen LogP contribution is -2.05. The number of carbonyl (C=O) groups is 2. The van der Waals surface area contributed by atoms with E-state index >= 15 is 0 Å². The Morgan fingerprint density at radius 3 is 1.83 bits per heavy atom. The van der Waals surface area contributed by atoms with E-state index in [2.05, 4.69) is 28.6 Å². The third-order valence-electron chi connectivity index (χ3n) is 3.61. The Balaban J connectivity index is 0.000000291. The second-order valence-corrected chi connectivity index (χ2v) is 5.95. The van der Waals surface area contributed by atoms with Gasteiger partial charge in [-0.25, -0.2) is 19.6 Å². The van der Waals surface area contributed by atoms with Crippen LogP contribution in [0.4, 0.5) is 0 Å². The molecule has 2 aromatic rings. The Kier molecular flexibility index (Phi) is 11.5. The molecule has 0 aromatic carbocycles. The third-order valence-corrected chi connectivity index (χ3v) is 3.61. The normalized spacial score (nSPS) is 9.76. The van der Waals surface area contributed by atoms with Crippen molar-refractivity contribution in [3.8, 4) is 11.5 Å². The van der Waals surface area contributed by atoms with Gasteiger partial charge in [0.05, 0.1) is 20.3 Å². The van der Waals surface area contributed by atoms with E-state index in [0.29, 0.717) is 24.7 Å². The highest BCUT2D eigenvalue weighted by Crippen LogP contribution is 2.12. The number of ether oxygens (including phenoxy) is 3. The van der Waals surface area contributed by atoms with E-state index in [1.165, 1.54) is 25.6 Å². The van der Waals surface area contributed by atoms with Crippen molar-refractivity contribution in [1.29, 1.82) is 0 Å². The van der Waals surface area contributed by atoms with Crippen molar-refractivity contribution >= 4 is 11.9 Å². The molecule has 0 spiro atoms. The molecule has 1 N–H and O–H groups in total. The summed E-state index contributed by atoms with van der Waals surface area (Å²) >= 11 is 0. The maximum absolute atomic E-state index is 11.2. The van der Waals surface area contributed by atoms with Crippen LogP contribution in [-0.2, 0) is 4.74 Å². The molecule has 158 valence electrons. The minimum absolute atomic E-state index is 0.0130. The minimum Gasteiger partial charge on any atom is -0.493 e. The van der Waals surface area contributed by atoms with E-state index in [1.54, 1.807) is 18.2 Å². The van der Waals surface area contributed by atoms with Crippen LogP contribution in [0.1, 0.15) is 60.5 Å². The van der Waals surface area contributed by atoms with Crippen LogP contribution in [0, 0.1) is 0 Å². The first-order valence-electron chi connectivity index (χ1n) is 9.51. The van der Waals surface area contributed by atoms with Gasteiger partial charge in [-0.05, 0) is 25.0 Å². The number of carboxylic acid groups (broad SMARTS) is 1. The number of carbonyl (C=O) groups excluding carboxylic acids is 1. The summed E-state index contributed by atoms with van der Waals surface area (Å²) in [7, 11) is 1.33. The van der Waals surface area contributed by atoms with E-state index in [-0.39, 0.29) is 11.4 Å². The highest BCUT2D eigenvalue weighted by Gasteiger charge is 2.07. The van der Waals surface area contributed by atoms with Crippen LogP contribution in [0.3, 0.4) is 0 Å². The number of rotatable bonds is 10. The maximum atomic E-state index is 11.2. The van der Waals surface area contributed by atoms with Gasteiger partial charge in [0.2, 0.25) is 0 Å². The second-order valence-electron chi connectivity index (χ2n) is 5.95. The molecule has 0 atom stereocenters. The monoisotopic (exact) mass is 404 g/mol. The van der Waals surface area contributed by atoms with E-state index in [9.17, 15) is 9.59 Å². The Bertz CT molecular complexity index is 766. The minimum atomic E-state index is -1.04. The first kappa shape index (κ1) is 23.9. The summed E-state index contributed by atoms with van der Waals surface area (Å²) in [5, 5.41) is 8.66. The van der Waals surface area contributed by atoms with Gasteiger partial charge in [0, 0.05) is 24.5 Å². The van der Waals surface area contributed by atoms with Gasteiger partial charge >= 0.3 is 11.9 Å². The largest absolute Gasteiger partial charge is 0.493 e. The number of unbranched alkanes of at least 4 members (excludes halogenated alkanes) is 2. The molecular formula is C21H28N2O6. The molecule has 8 heteroatoms. The number of esters is 1. The highest BCUT2D eigenvalue weighted by molar-refractivity contribution is 5.87. The smallest absolute Gasteiger partial charge is 0.356 e. The molecule has 0 unspecified atom stereocenters. The summed E-state index contributed by atoms with van der Waals surface area (Å²) in [6, 6.07) is 6.39. The molecule has 0 aliphatic heterocycles. The molecule has 0 amide bonds. The lowest BCUT2D eigenvalue weighted by molar-refractivity contribution is 0.0592. The quantitative estimate of drug-likeness (QED) is 0.467. The Morgan fingerprint density at radius 1 is 0.897 bits per heavy atom. The van der Waals surface area contributed by atoms with E-state index in [4.69, 9.17) is 14.6 Å². The molecule has 0 aliphatic carbocycles. The van der Waals surface area contributed by atoms with Crippen LogP contribution in [0.15, 0.2) is 36.7 Å². The number of methoxy groups -OCH3 is 1. The molecule has 2 aromatic heterocycles. The predicted octanol–water partition coefficient (Wildman–Crippen LogP) is 4.01. The predicted molar refractivity (Wildman–Crippen MR) is 108 cm³/mol. The summed E-state index contributed by atoms with van der Waals surface area (Å²) in [6.07, 6.45) is 7.06. The lowest BCUT2D eigenvalue weighted by atomic mass is 10.3. The average Bonchev–Trinajstić information content (AvgIpc) is 2.74. The zero-order chi connectivity index (χ0) is 21.5. The van der Waals surface area contributed by atoms with E-state index in [1.807, 2.05) is 0 Å². The van der Waals surface area contributed by atoms with Crippen molar-refractivity contribution in [1.82, 2.24) is 9.97 Å². The molecule has 0 radical (unpaired) electrons. The Morgan fingerprint density at radius 2 is 1.38 bits per heavy atom. The first-order chi connectivity index (χ1) is 14.0. The molecule has 0 saturated heterocycles. The first-order valence-corrected chi connectivity index (χ1v) is 9.51. The summed E-state index contributed by atoms with van der Waals surface area (Å²) in [4.78, 5) is 29.3. The van der Waals surface area contributed by atoms with Crippen LogP contribution < -0.4 is 9.47 Å². The molecule has 2 heterocycles. The number of hydrogen-bond donors (Lipinski definition) is 1. The number of pyridine rings is 2. The lowest BCUT2D eigenvalue weighted by Gasteiger charge is -2.05. The Hall–Kier alpha value is -3.16. The molecule has 0 aliphatic rings. The van der Waals surface area contributed by atoms with Crippen molar-refractivity contribution in [3.63, 3.8) is 0 Å². The Labute approximate surface area is 170 Å². The topological polar surface area (TPSA) is 108 Å². The van der Waals surface area contributed by atoms with Crippen molar-refractivity contribution in [2.24, 2.45) is 0 Å². The van der Waals surface area contributed by atoms with Crippen LogP contribution in [0.2, 0.25) is 0 Å². The van der Waals surface area contributed by atoms with Crippen LogP contribution >= 0.6 is 0 Å². The molecule has 0 fully saturated rings. The van der Waals surface area contributed by atoms with Gasteiger partial charge in [-0.3, -0.25) is 0 Å². The number of carboxylic acids is 1. The van der Waals surface area contributed by atoms with Crippen LogP contribution in [-0.4, -0.2) is 47.3 Å². The highest BCUT2D eigenvalue weighted by atomic mass is 16.5. The van der Waals surface area contributed by atoms with Gasteiger partial charge in [0.15, 0.2) is 11.4 Å². The zero-order valence-electron chi connectivity index (χ0n) is 17.1. The average molecular weight is 404 g/mol.